The van der Waals surface area contributed by atoms with Crippen molar-refractivity contribution < 1.29 is 19.4 Å². The second-order valence-corrected chi connectivity index (χ2v) is 14.1. The Morgan fingerprint density at radius 1 is 1.05 bits per heavy atom. The number of carbonyl (C=O) groups excluding carboxylic acids is 1. The Labute approximate surface area is 225 Å². The van der Waals surface area contributed by atoms with Crippen molar-refractivity contribution in [1.82, 2.24) is 0 Å². The third kappa shape index (κ3) is 5.82. The summed E-state index contributed by atoms with van der Waals surface area (Å²) >= 11 is 0. The van der Waals surface area contributed by atoms with Gasteiger partial charge in [0.25, 0.3) is 0 Å². The van der Waals surface area contributed by atoms with Crippen molar-refractivity contribution in [1.29, 1.82) is 0 Å². The molecular formula is C32H53NO4. The van der Waals surface area contributed by atoms with Gasteiger partial charge >= 0.3 is 11.9 Å². The SMILES string of the molecule is CC(C)CCC[C@@H](C)[C@H]1CC[C@H]2[C@@H]3CC=C4CC(OC(=O)[C@@H](N)CCC(=O)O)CC[C@]4(C)[C@H]3CC[C@]12C. The number of carboxylic acids is 1. The predicted octanol–water partition coefficient (Wildman–Crippen LogP) is 7.13. The van der Waals surface area contributed by atoms with Crippen LogP contribution in [0.2, 0.25) is 0 Å². The molecule has 5 nitrogen and oxygen atoms in total. The quantitative estimate of drug-likeness (QED) is 0.238. The summed E-state index contributed by atoms with van der Waals surface area (Å²) in [5.41, 5.74) is 8.13. The third-order valence-corrected chi connectivity index (χ3v) is 11.5. The van der Waals surface area contributed by atoms with Crippen molar-refractivity contribution in [2.24, 2.45) is 52.1 Å². The van der Waals surface area contributed by atoms with E-state index in [9.17, 15) is 9.59 Å². The molecule has 37 heavy (non-hydrogen) atoms. The van der Waals surface area contributed by atoms with E-state index in [0.717, 1.165) is 54.8 Å². The Hall–Kier alpha value is -1.36. The van der Waals surface area contributed by atoms with Gasteiger partial charge in [0.1, 0.15) is 12.1 Å². The van der Waals surface area contributed by atoms with Crippen LogP contribution >= 0.6 is 0 Å². The van der Waals surface area contributed by atoms with E-state index in [2.05, 4.69) is 40.7 Å². The number of carbonyl (C=O) groups is 2. The highest BCUT2D eigenvalue weighted by Gasteiger charge is 2.59. The molecule has 0 amide bonds. The topological polar surface area (TPSA) is 89.6 Å². The largest absolute Gasteiger partial charge is 0.481 e. The molecule has 210 valence electrons. The Morgan fingerprint density at radius 2 is 1.81 bits per heavy atom. The van der Waals surface area contributed by atoms with E-state index in [1.165, 1.54) is 56.9 Å². The van der Waals surface area contributed by atoms with Crippen LogP contribution < -0.4 is 5.73 Å². The van der Waals surface area contributed by atoms with Gasteiger partial charge in [-0.1, -0.05) is 65.5 Å². The maximum absolute atomic E-state index is 12.5. The standard InChI is InChI=1S/C32H53NO4/c1-20(2)7-6-8-21(3)25-11-12-26-24-10-9-22-19-23(37-30(36)28(33)13-14-29(34)35)15-17-31(22,4)27(24)16-18-32(25,26)5/h9,20-21,23-28H,6-8,10-19,33H2,1-5H3,(H,34,35)/t21-,23?,24+,25-,26+,27+,28+,31+,32-/m1/s1. The molecule has 4 aliphatic carbocycles. The lowest BCUT2D eigenvalue weighted by Crippen LogP contribution is -2.51. The summed E-state index contributed by atoms with van der Waals surface area (Å²) in [7, 11) is 0. The first kappa shape index (κ1) is 28.6. The number of rotatable bonds is 10. The van der Waals surface area contributed by atoms with Crippen LogP contribution in [0.1, 0.15) is 118 Å². The molecule has 9 atom stereocenters. The fourth-order valence-electron chi connectivity index (χ4n) is 9.40. The normalized spacial score (nSPS) is 38.7. The summed E-state index contributed by atoms with van der Waals surface area (Å²) < 4.78 is 5.79. The molecule has 0 aromatic carbocycles. The minimum atomic E-state index is -0.934. The van der Waals surface area contributed by atoms with Gasteiger partial charge in [0, 0.05) is 12.8 Å². The van der Waals surface area contributed by atoms with E-state index < -0.39 is 18.0 Å². The summed E-state index contributed by atoms with van der Waals surface area (Å²) in [6.45, 7) is 12.4. The zero-order valence-electron chi connectivity index (χ0n) is 24.1. The minimum Gasteiger partial charge on any atom is -0.481 e. The monoisotopic (exact) mass is 515 g/mol. The smallest absolute Gasteiger partial charge is 0.323 e. The van der Waals surface area contributed by atoms with Crippen LogP contribution in [0.4, 0.5) is 0 Å². The number of hydrogen-bond donors (Lipinski definition) is 2. The zero-order valence-corrected chi connectivity index (χ0v) is 24.1. The lowest BCUT2D eigenvalue weighted by molar-refractivity contribution is -0.153. The molecule has 0 radical (unpaired) electrons. The maximum atomic E-state index is 12.5. The molecular weight excluding hydrogens is 462 g/mol. The van der Waals surface area contributed by atoms with E-state index >= 15 is 0 Å². The molecule has 0 aromatic heterocycles. The molecule has 3 fully saturated rings. The van der Waals surface area contributed by atoms with Crippen molar-refractivity contribution in [3.63, 3.8) is 0 Å². The fraction of sp³-hybridized carbons (Fsp3) is 0.875. The number of aliphatic carboxylic acids is 1. The second kappa shape index (κ2) is 11.4. The van der Waals surface area contributed by atoms with Gasteiger partial charge in [-0.3, -0.25) is 9.59 Å². The molecule has 0 aliphatic heterocycles. The van der Waals surface area contributed by atoms with Crippen LogP contribution in [0.15, 0.2) is 11.6 Å². The molecule has 0 spiro atoms. The highest BCUT2D eigenvalue weighted by molar-refractivity contribution is 5.76. The van der Waals surface area contributed by atoms with Gasteiger partial charge in [0.15, 0.2) is 0 Å². The van der Waals surface area contributed by atoms with Crippen molar-refractivity contribution >= 4 is 11.9 Å². The molecule has 4 rings (SSSR count). The molecule has 0 saturated heterocycles. The first-order valence-corrected chi connectivity index (χ1v) is 15.3. The molecule has 0 bridgehead atoms. The van der Waals surface area contributed by atoms with E-state index in [1.54, 1.807) is 0 Å². The number of fused-ring (bicyclic) bond motifs is 5. The lowest BCUT2D eigenvalue weighted by Gasteiger charge is -2.58. The Bertz CT molecular complexity index is 867. The van der Waals surface area contributed by atoms with Crippen LogP contribution in [-0.4, -0.2) is 29.2 Å². The van der Waals surface area contributed by atoms with Gasteiger partial charge in [-0.05, 0) is 97.7 Å². The van der Waals surface area contributed by atoms with Gasteiger partial charge in [0.2, 0.25) is 0 Å². The number of hydrogen-bond acceptors (Lipinski definition) is 4. The van der Waals surface area contributed by atoms with E-state index in [-0.39, 0.29) is 24.4 Å². The van der Waals surface area contributed by atoms with Crippen molar-refractivity contribution in [3.8, 4) is 0 Å². The first-order chi connectivity index (χ1) is 17.5. The molecule has 1 unspecified atom stereocenters. The van der Waals surface area contributed by atoms with E-state index in [1.807, 2.05) is 0 Å². The van der Waals surface area contributed by atoms with Gasteiger partial charge in [-0.15, -0.1) is 0 Å². The molecule has 0 heterocycles. The number of nitrogens with two attached hydrogens (primary N) is 1. The van der Waals surface area contributed by atoms with Gasteiger partial charge in [0.05, 0.1) is 0 Å². The van der Waals surface area contributed by atoms with Crippen molar-refractivity contribution in [3.05, 3.63) is 11.6 Å². The Morgan fingerprint density at radius 3 is 2.51 bits per heavy atom. The zero-order chi connectivity index (χ0) is 27.0. The van der Waals surface area contributed by atoms with Crippen molar-refractivity contribution in [2.45, 2.75) is 130 Å². The van der Waals surface area contributed by atoms with Crippen molar-refractivity contribution in [2.75, 3.05) is 0 Å². The Kier molecular flexibility index (Phi) is 8.83. The molecule has 3 saturated carbocycles. The van der Waals surface area contributed by atoms with Crippen LogP contribution in [0.3, 0.4) is 0 Å². The van der Waals surface area contributed by atoms with Crippen LogP contribution in [0, 0.1) is 46.3 Å². The molecule has 5 heteroatoms. The van der Waals surface area contributed by atoms with E-state index in [4.69, 9.17) is 15.6 Å². The summed E-state index contributed by atoms with van der Waals surface area (Å²) in [6, 6.07) is -0.853. The molecule has 3 N–H and O–H groups in total. The summed E-state index contributed by atoms with van der Waals surface area (Å²) in [5.74, 6) is 3.53. The third-order valence-electron chi connectivity index (χ3n) is 11.5. The second-order valence-electron chi connectivity index (χ2n) is 14.1. The summed E-state index contributed by atoms with van der Waals surface area (Å²) in [6.07, 6.45) is 16.0. The van der Waals surface area contributed by atoms with Gasteiger partial charge < -0.3 is 15.6 Å². The number of carboxylic acid groups (broad SMARTS) is 1. The summed E-state index contributed by atoms with van der Waals surface area (Å²) in [5, 5.41) is 8.87. The summed E-state index contributed by atoms with van der Waals surface area (Å²) in [4.78, 5) is 23.3. The lowest BCUT2D eigenvalue weighted by atomic mass is 9.47. The van der Waals surface area contributed by atoms with Crippen LogP contribution in [0.5, 0.6) is 0 Å². The van der Waals surface area contributed by atoms with Crippen LogP contribution in [0.25, 0.3) is 0 Å². The fourth-order valence-corrected chi connectivity index (χ4v) is 9.40. The first-order valence-electron chi connectivity index (χ1n) is 15.3. The molecule has 0 aromatic rings. The maximum Gasteiger partial charge on any atom is 0.323 e. The average Bonchev–Trinajstić information content (AvgIpc) is 3.19. The average molecular weight is 516 g/mol. The molecule has 4 aliphatic rings. The number of allylic oxidation sites excluding steroid dienone is 1. The highest BCUT2D eigenvalue weighted by atomic mass is 16.5. The van der Waals surface area contributed by atoms with Crippen LogP contribution in [-0.2, 0) is 14.3 Å². The minimum absolute atomic E-state index is 0.106. The predicted molar refractivity (Wildman–Crippen MR) is 148 cm³/mol. The Balaban J connectivity index is 1.39. The van der Waals surface area contributed by atoms with Gasteiger partial charge in [-0.2, -0.15) is 0 Å². The number of ether oxygens (including phenoxy) is 1. The van der Waals surface area contributed by atoms with Gasteiger partial charge in [-0.25, -0.2) is 0 Å². The highest BCUT2D eigenvalue weighted by Crippen LogP contribution is 2.67. The number of esters is 1. The van der Waals surface area contributed by atoms with E-state index in [0.29, 0.717) is 5.41 Å².